The van der Waals surface area contributed by atoms with Crippen molar-refractivity contribution in [3.05, 3.63) is 79.6 Å². The van der Waals surface area contributed by atoms with Gasteiger partial charge in [0.25, 0.3) is 11.1 Å². The van der Waals surface area contributed by atoms with Crippen molar-refractivity contribution in [1.29, 1.82) is 0 Å². The summed E-state index contributed by atoms with van der Waals surface area (Å²) in [6.07, 6.45) is -6.45. The maximum atomic E-state index is 14.9. The molecule has 0 saturated heterocycles. The van der Waals surface area contributed by atoms with Crippen molar-refractivity contribution in [3.63, 3.8) is 0 Å². The Labute approximate surface area is 224 Å². The van der Waals surface area contributed by atoms with E-state index in [2.05, 4.69) is 20.4 Å². The molecule has 0 bridgehead atoms. The third kappa shape index (κ3) is 6.08. The monoisotopic (exact) mass is 590 g/mol. The zero-order valence-corrected chi connectivity index (χ0v) is 21.0. The summed E-state index contributed by atoms with van der Waals surface area (Å²) in [5.74, 6) is -0.956. The van der Waals surface area contributed by atoms with Crippen LogP contribution in [0.15, 0.2) is 46.5 Å². The van der Waals surface area contributed by atoms with E-state index < -0.39 is 57.2 Å². The summed E-state index contributed by atoms with van der Waals surface area (Å²) < 4.78 is 94.5. The van der Waals surface area contributed by atoms with E-state index in [-0.39, 0.29) is 35.1 Å². The van der Waals surface area contributed by atoms with Gasteiger partial charge in [0.2, 0.25) is 0 Å². The Morgan fingerprint density at radius 1 is 1.05 bits per heavy atom. The van der Waals surface area contributed by atoms with Gasteiger partial charge >= 0.3 is 12.4 Å². The number of benzene rings is 1. The molecule has 0 amide bonds. The minimum absolute atomic E-state index is 0.0481. The number of nitrogens with zero attached hydrogens (tertiary/aromatic N) is 4. The summed E-state index contributed by atoms with van der Waals surface area (Å²) in [4.78, 5) is 32.3. The van der Waals surface area contributed by atoms with Crippen LogP contribution < -0.4 is 16.4 Å². The van der Waals surface area contributed by atoms with Gasteiger partial charge in [0.15, 0.2) is 0 Å². The molecule has 0 saturated carbocycles. The van der Waals surface area contributed by atoms with Crippen LogP contribution in [0.2, 0.25) is 5.02 Å². The van der Waals surface area contributed by atoms with Gasteiger partial charge in [-0.15, -0.1) is 0 Å². The second-order valence-corrected chi connectivity index (χ2v) is 9.22. The van der Waals surface area contributed by atoms with Crippen molar-refractivity contribution in [2.75, 3.05) is 5.32 Å². The van der Waals surface area contributed by atoms with Gasteiger partial charge in [0.05, 0.1) is 45.4 Å². The molecule has 4 rings (SSSR count). The minimum Gasteiger partial charge on any atom is -0.381 e. The molecule has 212 valence electrons. The average Bonchev–Trinajstić information content (AvgIpc) is 2.84. The van der Waals surface area contributed by atoms with E-state index in [1.54, 1.807) is 12.0 Å². The molecular weight excluding hydrogens is 573 g/mol. The van der Waals surface area contributed by atoms with Gasteiger partial charge in [-0.25, -0.2) is 14.5 Å². The number of hydrogen-bond donors (Lipinski definition) is 2. The standard InChI is InChI=1S/C24H18ClF7N6O2/c1-11(36-18-9-35-37-21(39)19(18)24(30,31)32)3-2-4-38-10-34-17-7-13(16(26)6-14(17)22(38)40)20-15(25)5-12(8-33-20)23(27,28)29/h5-11H,2-4H2,1H3,(H2,36,37,39)/t11-/m0/s1. The molecule has 16 heteroatoms. The average molecular weight is 591 g/mol. The third-order valence-corrected chi connectivity index (χ3v) is 6.20. The van der Waals surface area contributed by atoms with E-state index in [0.29, 0.717) is 18.7 Å². The van der Waals surface area contributed by atoms with Crippen molar-refractivity contribution in [2.24, 2.45) is 0 Å². The zero-order valence-electron chi connectivity index (χ0n) is 20.3. The fourth-order valence-corrected chi connectivity index (χ4v) is 4.27. The Morgan fingerprint density at radius 3 is 2.42 bits per heavy atom. The molecule has 2 N–H and O–H groups in total. The highest BCUT2D eigenvalue weighted by Gasteiger charge is 2.37. The predicted octanol–water partition coefficient (Wildman–Crippen LogP) is 5.65. The predicted molar refractivity (Wildman–Crippen MR) is 131 cm³/mol. The number of fused-ring (bicyclic) bond motifs is 1. The van der Waals surface area contributed by atoms with Crippen LogP contribution in [0.1, 0.15) is 30.9 Å². The lowest BCUT2D eigenvalue weighted by atomic mass is 10.1. The van der Waals surface area contributed by atoms with Gasteiger partial charge in [-0.05, 0) is 38.0 Å². The molecule has 1 aromatic carbocycles. The molecule has 4 aromatic rings. The van der Waals surface area contributed by atoms with Crippen LogP contribution in [0.25, 0.3) is 22.2 Å². The first kappa shape index (κ1) is 29.0. The molecule has 3 aromatic heterocycles. The number of H-pyrrole nitrogens is 1. The summed E-state index contributed by atoms with van der Waals surface area (Å²) in [6, 6.07) is 2.10. The Kier molecular flexibility index (Phi) is 7.87. The molecule has 0 unspecified atom stereocenters. The minimum atomic E-state index is -4.90. The van der Waals surface area contributed by atoms with Crippen LogP contribution in [0.4, 0.5) is 36.4 Å². The van der Waals surface area contributed by atoms with E-state index in [0.717, 1.165) is 18.3 Å². The fraction of sp³-hybridized carbons (Fsp3) is 0.292. The van der Waals surface area contributed by atoms with Gasteiger partial charge in [0.1, 0.15) is 11.4 Å². The largest absolute Gasteiger partial charge is 0.423 e. The van der Waals surface area contributed by atoms with Gasteiger partial charge in [0, 0.05) is 24.3 Å². The molecule has 40 heavy (non-hydrogen) atoms. The van der Waals surface area contributed by atoms with Crippen molar-refractivity contribution in [3.8, 4) is 11.3 Å². The normalized spacial score (nSPS) is 13.0. The molecule has 1 atom stereocenters. The van der Waals surface area contributed by atoms with Gasteiger partial charge < -0.3 is 5.32 Å². The number of aromatic amines is 1. The number of aromatic nitrogens is 5. The SMILES string of the molecule is C[C@@H](CCCn1cnc2cc(-c3ncc(C(F)(F)F)cc3Cl)c(F)cc2c1=O)Nc1cn[nH]c(=O)c1C(F)(F)F. The number of aryl methyl sites for hydroxylation is 1. The molecule has 0 aliphatic rings. The smallest absolute Gasteiger partial charge is 0.381 e. The third-order valence-electron chi connectivity index (χ3n) is 5.91. The lowest BCUT2D eigenvalue weighted by molar-refractivity contribution is -0.138. The summed E-state index contributed by atoms with van der Waals surface area (Å²) in [6.45, 7) is 1.67. The summed E-state index contributed by atoms with van der Waals surface area (Å²) in [7, 11) is 0. The Morgan fingerprint density at radius 2 is 1.77 bits per heavy atom. The second kappa shape index (κ2) is 10.9. The molecular formula is C24H18ClF7N6O2. The molecule has 0 fully saturated rings. The van der Waals surface area contributed by atoms with E-state index in [9.17, 15) is 40.3 Å². The summed E-state index contributed by atoms with van der Waals surface area (Å²) in [5, 5.41) is 7.18. The second-order valence-electron chi connectivity index (χ2n) is 8.82. The van der Waals surface area contributed by atoms with E-state index in [1.165, 1.54) is 10.9 Å². The molecule has 0 radical (unpaired) electrons. The van der Waals surface area contributed by atoms with Crippen LogP contribution >= 0.6 is 11.6 Å². The molecule has 0 spiro atoms. The lowest BCUT2D eigenvalue weighted by Crippen LogP contribution is -2.27. The highest BCUT2D eigenvalue weighted by Crippen LogP contribution is 2.35. The number of alkyl halides is 6. The quantitative estimate of drug-likeness (QED) is 0.270. The maximum absolute atomic E-state index is 14.9. The van der Waals surface area contributed by atoms with Crippen LogP contribution in [0.5, 0.6) is 0 Å². The highest BCUT2D eigenvalue weighted by molar-refractivity contribution is 6.33. The van der Waals surface area contributed by atoms with E-state index >= 15 is 0 Å². The number of anilines is 1. The van der Waals surface area contributed by atoms with Crippen LogP contribution in [0.3, 0.4) is 0 Å². The van der Waals surface area contributed by atoms with Crippen LogP contribution in [0, 0.1) is 5.82 Å². The first-order valence-corrected chi connectivity index (χ1v) is 11.9. The lowest BCUT2D eigenvalue weighted by Gasteiger charge is -2.18. The highest BCUT2D eigenvalue weighted by atomic mass is 35.5. The van der Waals surface area contributed by atoms with Crippen molar-refractivity contribution < 1.29 is 30.7 Å². The summed E-state index contributed by atoms with van der Waals surface area (Å²) in [5.41, 5.74) is -5.45. The molecule has 0 aliphatic heterocycles. The number of hydrogen-bond acceptors (Lipinski definition) is 6. The Balaban J connectivity index is 1.50. The van der Waals surface area contributed by atoms with Crippen molar-refractivity contribution in [2.45, 2.75) is 44.7 Å². The van der Waals surface area contributed by atoms with E-state index in [1.807, 2.05) is 0 Å². The maximum Gasteiger partial charge on any atom is 0.423 e. The first-order chi connectivity index (χ1) is 18.7. The van der Waals surface area contributed by atoms with Crippen LogP contribution in [-0.2, 0) is 18.9 Å². The summed E-state index contributed by atoms with van der Waals surface area (Å²) >= 11 is 5.93. The number of nitrogens with one attached hydrogen (secondary N) is 2. The van der Waals surface area contributed by atoms with E-state index in [4.69, 9.17) is 11.6 Å². The molecule has 0 aliphatic carbocycles. The Hall–Kier alpha value is -4.01. The van der Waals surface area contributed by atoms with Crippen LogP contribution in [-0.4, -0.2) is 30.8 Å². The number of rotatable bonds is 7. The molecule has 8 nitrogen and oxygen atoms in total. The fourth-order valence-electron chi connectivity index (χ4n) is 4.01. The number of pyridine rings is 1. The topological polar surface area (TPSA) is 106 Å². The van der Waals surface area contributed by atoms with Gasteiger partial charge in [-0.1, -0.05) is 11.6 Å². The zero-order chi connectivity index (χ0) is 29.4. The number of halogens is 8. The van der Waals surface area contributed by atoms with Gasteiger partial charge in [-0.2, -0.15) is 31.4 Å². The molecule has 3 heterocycles. The van der Waals surface area contributed by atoms with Gasteiger partial charge in [-0.3, -0.25) is 19.1 Å². The Bertz CT molecular complexity index is 1680. The van der Waals surface area contributed by atoms with Crippen molar-refractivity contribution in [1.82, 2.24) is 24.7 Å². The van der Waals surface area contributed by atoms with Crippen molar-refractivity contribution >= 4 is 28.2 Å². The first-order valence-electron chi connectivity index (χ1n) is 11.5.